The van der Waals surface area contributed by atoms with Crippen molar-refractivity contribution in [2.45, 2.75) is 30.8 Å². The van der Waals surface area contributed by atoms with Crippen LogP contribution in [-0.4, -0.2) is 36.4 Å². The molecule has 2 saturated heterocycles. The van der Waals surface area contributed by atoms with Gasteiger partial charge in [-0.3, -0.25) is 14.5 Å². The Bertz CT molecular complexity index is 993. The summed E-state index contributed by atoms with van der Waals surface area (Å²) in [6.45, 7) is 0.802. The minimum atomic E-state index is -1.00. The molecule has 0 saturated carbocycles. The normalized spacial score (nSPS) is 27.6. The minimum Gasteiger partial charge on any atom is -0.497 e. The number of methoxy groups -OCH3 is 1. The summed E-state index contributed by atoms with van der Waals surface area (Å²) in [5.74, 6) is -0.0678. The summed E-state index contributed by atoms with van der Waals surface area (Å²) in [6.07, 6.45) is 2.68. The quantitative estimate of drug-likeness (QED) is 0.809. The van der Waals surface area contributed by atoms with Gasteiger partial charge in [0.15, 0.2) is 0 Å². The summed E-state index contributed by atoms with van der Waals surface area (Å²) in [5, 5.41) is 6.48. The molecular formula is C22H22ClN3O3. The Morgan fingerprint density at radius 1 is 1.28 bits per heavy atom. The molecule has 3 atom stereocenters. The summed E-state index contributed by atoms with van der Waals surface area (Å²) < 4.78 is 5.18. The van der Waals surface area contributed by atoms with Crippen molar-refractivity contribution in [2.75, 3.05) is 24.3 Å². The fourth-order valence-corrected chi connectivity index (χ4v) is 5.54. The number of amides is 2. The highest BCUT2D eigenvalue weighted by Gasteiger charge is 2.65. The Balaban J connectivity index is 1.55. The monoisotopic (exact) mass is 411 g/mol. The van der Waals surface area contributed by atoms with E-state index in [1.165, 1.54) is 0 Å². The number of carbonyl (C=O) groups excluding carboxylic acids is 2. The van der Waals surface area contributed by atoms with Crippen molar-refractivity contribution in [3.63, 3.8) is 0 Å². The van der Waals surface area contributed by atoms with E-state index in [2.05, 4.69) is 15.5 Å². The van der Waals surface area contributed by atoms with Gasteiger partial charge in [-0.25, -0.2) is 0 Å². The number of nitrogens with zero attached hydrogens (tertiary/aromatic N) is 1. The van der Waals surface area contributed by atoms with Gasteiger partial charge < -0.3 is 15.4 Å². The van der Waals surface area contributed by atoms with E-state index in [1.807, 2.05) is 12.1 Å². The van der Waals surface area contributed by atoms with E-state index in [0.29, 0.717) is 22.8 Å². The number of nitrogens with one attached hydrogen (secondary N) is 2. The van der Waals surface area contributed by atoms with E-state index < -0.39 is 11.5 Å². The van der Waals surface area contributed by atoms with Gasteiger partial charge in [0.1, 0.15) is 11.3 Å². The maximum Gasteiger partial charge on any atom is 0.250 e. The largest absolute Gasteiger partial charge is 0.497 e. The second-order valence-electron chi connectivity index (χ2n) is 7.88. The van der Waals surface area contributed by atoms with Crippen LogP contribution < -0.4 is 15.4 Å². The summed E-state index contributed by atoms with van der Waals surface area (Å²) in [7, 11) is 1.60. The predicted molar refractivity (Wildman–Crippen MR) is 111 cm³/mol. The van der Waals surface area contributed by atoms with Crippen molar-refractivity contribution in [3.05, 3.63) is 53.1 Å². The zero-order chi connectivity index (χ0) is 20.2. The number of halogens is 1. The molecule has 3 heterocycles. The van der Waals surface area contributed by atoms with Crippen LogP contribution >= 0.6 is 11.6 Å². The lowest BCUT2D eigenvalue weighted by Crippen LogP contribution is -2.53. The van der Waals surface area contributed by atoms with Gasteiger partial charge in [-0.05, 0) is 56.1 Å². The van der Waals surface area contributed by atoms with E-state index in [1.54, 1.807) is 37.4 Å². The van der Waals surface area contributed by atoms with E-state index >= 15 is 0 Å². The number of carbonyl (C=O) groups is 2. The maximum atomic E-state index is 13.4. The molecule has 0 aromatic heterocycles. The van der Waals surface area contributed by atoms with Crippen LogP contribution in [-0.2, 0) is 15.1 Å². The molecule has 150 valence electrons. The number of para-hydroxylation sites is 1. The van der Waals surface area contributed by atoms with Crippen LogP contribution in [0.4, 0.5) is 11.4 Å². The smallest absolute Gasteiger partial charge is 0.250 e. The standard InChI is InChI=1S/C22H22ClN3O3/c1-29-15-9-7-13(8-10-15)24-20(27)17-12-14-4-3-11-26(14)22(17)16-5-2-6-18(23)19(16)25-21(22)28/h2,5-10,14,17H,3-4,11-12H2,1H3,(H,24,27)(H,25,28)/t14-,17-,22-/m0/s1. The third-order valence-electron chi connectivity index (χ3n) is 6.53. The fraction of sp³-hybridized carbons (Fsp3) is 0.364. The van der Waals surface area contributed by atoms with Crippen molar-refractivity contribution < 1.29 is 14.3 Å². The fourth-order valence-electron chi connectivity index (χ4n) is 5.32. The Morgan fingerprint density at radius 3 is 2.83 bits per heavy atom. The maximum absolute atomic E-state index is 13.4. The molecule has 0 aliphatic carbocycles. The molecule has 2 aromatic rings. The molecule has 0 unspecified atom stereocenters. The first kappa shape index (κ1) is 18.5. The second kappa shape index (κ2) is 6.75. The first-order chi connectivity index (χ1) is 14.1. The number of rotatable bonds is 3. The highest BCUT2D eigenvalue weighted by atomic mass is 35.5. The molecule has 2 amide bonds. The summed E-state index contributed by atoms with van der Waals surface area (Å²) in [4.78, 5) is 29.0. The van der Waals surface area contributed by atoms with Crippen molar-refractivity contribution in [2.24, 2.45) is 5.92 Å². The summed E-state index contributed by atoms with van der Waals surface area (Å²) in [5.41, 5.74) is 1.13. The average Bonchev–Trinajstić information content (AvgIpc) is 3.38. The molecule has 7 heteroatoms. The van der Waals surface area contributed by atoms with Crippen LogP contribution in [0.5, 0.6) is 5.75 Å². The lowest BCUT2D eigenvalue weighted by Gasteiger charge is -2.36. The zero-order valence-corrected chi connectivity index (χ0v) is 16.8. The number of benzene rings is 2. The number of hydrogen-bond donors (Lipinski definition) is 2. The first-order valence-corrected chi connectivity index (χ1v) is 10.3. The molecule has 5 rings (SSSR count). The average molecular weight is 412 g/mol. The van der Waals surface area contributed by atoms with Gasteiger partial charge in [0.05, 0.1) is 23.7 Å². The minimum absolute atomic E-state index is 0.146. The van der Waals surface area contributed by atoms with Crippen molar-refractivity contribution in [3.8, 4) is 5.75 Å². The molecule has 3 aliphatic rings. The highest BCUT2D eigenvalue weighted by Crippen LogP contribution is 2.56. The molecule has 29 heavy (non-hydrogen) atoms. The van der Waals surface area contributed by atoms with Crippen molar-refractivity contribution >= 4 is 34.8 Å². The molecule has 2 fully saturated rings. The van der Waals surface area contributed by atoms with Crippen LogP contribution in [0.3, 0.4) is 0 Å². The van der Waals surface area contributed by atoms with E-state index in [9.17, 15) is 9.59 Å². The van der Waals surface area contributed by atoms with Gasteiger partial charge >= 0.3 is 0 Å². The predicted octanol–water partition coefficient (Wildman–Crippen LogP) is 3.62. The van der Waals surface area contributed by atoms with E-state index in [0.717, 1.165) is 30.7 Å². The van der Waals surface area contributed by atoms with Crippen molar-refractivity contribution in [1.82, 2.24) is 4.90 Å². The molecule has 0 radical (unpaired) electrons. The van der Waals surface area contributed by atoms with Gasteiger partial charge in [-0.1, -0.05) is 23.7 Å². The molecule has 2 N–H and O–H groups in total. The number of ether oxygens (including phenoxy) is 1. The third kappa shape index (κ3) is 2.59. The van der Waals surface area contributed by atoms with Crippen LogP contribution in [0.15, 0.2) is 42.5 Å². The Labute approximate surface area is 174 Å². The van der Waals surface area contributed by atoms with Crippen LogP contribution in [0.2, 0.25) is 5.02 Å². The van der Waals surface area contributed by atoms with Crippen LogP contribution in [0, 0.1) is 5.92 Å². The highest BCUT2D eigenvalue weighted by molar-refractivity contribution is 6.35. The van der Waals surface area contributed by atoms with Gasteiger partial charge in [-0.15, -0.1) is 0 Å². The lowest BCUT2D eigenvalue weighted by atomic mass is 9.78. The van der Waals surface area contributed by atoms with E-state index in [-0.39, 0.29) is 17.9 Å². The second-order valence-corrected chi connectivity index (χ2v) is 8.29. The van der Waals surface area contributed by atoms with Crippen LogP contribution in [0.1, 0.15) is 24.8 Å². The molecule has 2 aromatic carbocycles. The number of hydrogen-bond acceptors (Lipinski definition) is 4. The Kier molecular flexibility index (Phi) is 4.29. The molecule has 0 bridgehead atoms. The van der Waals surface area contributed by atoms with E-state index in [4.69, 9.17) is 16.3 Å². The molecule has 3 aliphatic heterocycles. The summed E-state index contributed by atoms with van der Waals surface area (Å²) >= 11 is 6.38. The third-order valence-corrected chi connectivity index (χ3v) is 6.84. The SMILES string of the molecule is COc1ccc(NC(=O)[C@@H]2C[C@@H]3CCCN3[C@]23C(=O)Nc2c(Cl)cccc23)cc1. The van der Waals surface area contributed by atoms with Crippen LogP contribution in [0.25, 0.3) is 0 Å². The van der Waals surface area contributed by atoms with Gasteiger partial charge in [-0.2, -0.15) is 0 Å². The first-order valence-electron chi connectivity index (χ1n) is 9.88. The van der Waals surface area contributed by atoms with Gasteiger partial charge in [0.2, 0.25) is 11.8 Å². The van der Waals surface area contributed by atoms with Gasteiger partial charge in [0.25, 0.3) is 0 Å². The van der Waals surface area contributed by atoms with Gasteiger partial charge in [0, 0.05) is 17.3 Å². The summed E-state index contributed by atoms with van der Waals surface area (Å²) in [6, 6.07) is 13.0. The number of anilines is 2. The molecule has 1 spiro atoms. The Hall–Kier alpha value is -2.57. The molecule has 6 nitrogen and oxygen atoms in total. The zero-order valence-electron chi connectivity index (χ0n) is 16.1. The van der Waals surface area contributed by atoms with Crippen molar-refractivity contribution in [1.29, 1.82) is 0 Å². The number of fused-ring (bicyclic) bond motifs is 4. The Morgan fingerprint density at radius 2 is 2.07 bits per heavy atom. The lowest BCUT2D eigenvalue weighted by molar-refractivity contribution is -0.135. The topological polar surface area (TPSA) is 70.7 Å². The molecular weight excluding hydrogens is 390 g/mol.